The maximum atomic E-state index is 12.9. The van der Waals surface area contributed by atoms with Crippen LogP contribution in [0.4, 0.5) is 11.5 Å². The van der Waals surface area contributed by atoms with Crippen LogP contribution in [0.3, 0.4) is 0 Å². The highest BCUT2D eigenvalue weighted by Crippen LogP contribution is 2.34. The Bertz CT molecular complexity index is 1120. The summed E-state index contributed by atoms with van der Waals surface area (Å²) in [6, 6.07) is 20.2. The normalized spacial score (nSPS) is 15.1. The molecule has 2 aromatic carbocycles. The zero-order valence-electron chi connectivity index (χ0n) is 20.1. The lowest BCUT2D eigenvalue weighted by Crippen LogP contribution is -2.42. The summed E-state index contributed by atoms with van der Waals surface area (Å²) >= 11 is 0. The number of aryl methyl sites for hydroxylation is 1. The van der Waals surface area contributed by atoms with Gasteiger partial charge in [-0.05, 0) is 43.4 Å². The summed E-state index contributed by atoms with van der Waals surface area (Å²) in [7, 11) is 0. The Kier molecular flexibility index (Phi) is 7.30. The van der Waals surface area contributed by atoms with E-state index in [4.69, 9.17) is 5.10 Å². The lowest BCUT2D eigenvalue weighted by molar-refractivity contribution is -0.125. The smallest absolute Gasteiger partial charge is 0.223 e. The van der Waals surface area contributed by atoms with Crippen LogP contribution >= 0.6 is 0 Å². The fourth-order valence-electron chi connectivity index (χ4n) is 4.53. The molecule has 7 heteroatoms. The molecule has 3 aromatic rings. The first kappa shape index (κ1) is 23.5. The van der Waals surface area contributed by atoms with Crippen LogP contribution in [0.15, 0.2) is 60.7 Å². The molecule has 1 saturated heterocycles. The van der Waals surface area contributed by atoms with Crippen LogP contribution in [0.2, 0.25) is 0 Å². The van der Waals surface area contributed by atoms with Gasteiger partial charge in [0, 0.05) is 32.5 Å². The molecule has 2 amide bonds. The molecule has 0 aliphatic carbocycles. The average Bonchev–Trinajstić information content (AvgIpc) is 3.18. The van der Waals surface area contributed by atoms with E-state index in [1.54, 1.807) is 0 Å². The van der Waals surface area contributed by atoms with Crippen LogP contribution in [0, 0.1) is 12.8 Å². The van der Waals surface area contributed by atoms with Crippen LogP contribution in [0.1, 0.15) is 43.9 Å². The first-order valence-corrected chi connectivity index (χ1v) is 11.9. The minimum atomic E-state index is -0.126. The summed E-state index contributed by atoms with van der Waals surface area (Å²) in [5.41, 5.74) is 3.67. The summed E-state index contributed by atoms with van der Waals surface area (Å²) in [5, 5.41) is 10.8. The molecule has 34 heavy (non-hydrogen) atoms. The molecule has 1 aliphatic heterocycles. The molecule has 7 nitrogen and oxygen atoms in total. The van der Waals surface area contributed by atoms with E-state index in [9.17, 15) is 9.59 Å². The van der Waals surface area contributed by atoms with E-state index in [2.05, 4.69) is 34.6 Å². The summed E-state index contributed by atoms with van der Waals surface area (Å²) in [5.74, 6) is 1.12. The van der Waals surface area contributed by atoms with Crippen molar-refractivity contribution < 1.29 is 9.59 Å². The summed E-state index contributed by atoms with van der Waals surface area (Å²) in [6.45, 7) is 7.62. The molecule has 2 N–H and O–H groups in total. The third kappa shape index (κ3) is 5.30. The van der Waals surface area contributed by atoms with Crippen molar-refractivity contribution >= 4 is 23.3 Å². The number of rotatable bonds is 7. The largest absolute Gasteiger partial charge is 0.355 e. The first-order valence-electron chi connectivity index (χ1n) is 11.9. The van der Waals surface area contributed by atoms with Gasteiger partial charge in [0.05, 0.1) is 11.4 Å². The molecule has 1 fully saturated rings. The van der Waals surface area contributed by atoms with Crippen molar-refractivity contribution in [3.8, 4) is 5.69 Å². The topological polar surface area (TPSA) is 79.3 Å². The molecule has 0 spiro atoms. The van der Waals surface area contributed by atoms with E-state index in [1.807, 2.05) is 60.1 Å². The maximum Gasteiger partial charge on any atom is 0.223 e. The third-order valence-electron chi connectivity index (χ3n) is 6.45. The zero-order chi connectivity index (χ0) is 24.1. The molecular weight excluding hydrogens is 426 g/mol. The number of amides is 2. The SMILES string of the molecule is CC(=O)Nc1c(C)nn(-c2ccccc2)c1N1CCC(C(=O)NC[C@H](C)c2ccccc2)CC1. The monoisotopic (exact) mass is 459 g/mol. The summed E-state index contributed by atoms with van der Waals surface area (Å²) in [4.78, 5) is 27.0. The number of benzene rings is 2. The fourth-order valence-corrected chi connectivity index (χ4v) is 4.53. The maximum absolute atomic E-state index is 12.9. The van der Waals surface area contributed by atoms with Crippen LogP contribution in [-0.4, -0.2) is 41.2 Å². The number of aromatic nitrogens is 2. The van der Waals surface area contributed by atoms with Crippen molar-refractivity contribution in [1.82, 2.24) is 15.1 Å². The molecule has 1 aliphatic rings. The minimum Gasteiger partial charge on any atom is -0.355 e. The summed E-state index contributed by atoms with van der Waals surface area (Å²) < 4.78 is 1.89. The third-order valence-corrected chi connectivity index (χ3v) is 6.45. The van der Waals surface area contributed by atoms with Crippen molar-refractivity contribution in [1.29, 1.82) is 0 Å². The van der Waals surface area contributed by atoms with Crippen molar-refractivity contribution in [3.05, 3.63) is 71.9 Å². The number of carbonyl (C=O) groups is 2. The van der Waals surface area contributed by atoms with E-state index in [0.717, 1.165) is 48.8 Å². The van der Waals surface area contributed by atoms with Gasteiger partial charge in [-0.2, -0.15) is 5.10 Å². The van der Waals surface area contributed by atoms with Gasteiger partial charge in [0.25, 0.3) is 0 Å². The second-order valence-electron chi connectivity index (χ2n) is 9.03. The Morgan fingerprint density at radius 3 is 2.26 bits per heavy atom. The van der Waals surface area contributed by atoms with Crippen LogP contribution in [0.25, 0.3) is 5.69 Å². The van der Waals surface area contributed by atoms with Gasteiger partial charge in [0.1, 0.15) is 5.69 Å². The number of nitrogens with one attached hydrogen (secondary N) is 2. The molecule has 0 bridgehead atoms. The molecular formula is C27H33N5O2. The van der Waals surface area contributed by atoms with Gasteiger partial charge in [-0.15, -0.1) is 0 Å². The number of anilines is 2. The minimum absolute atomic E-state index is 0.0161. The summed E-state index contributed by atoms with van der Waals surface area (Å²) in [6.07, 6.45) is 1.51. The van der Waals surface area contributed by atoms with Gasteiger partial charge in [-0.3, -0.25) is 9.59 Å². The van der Waals surface area contributed by atoms with E-state index in [0.29, 0.717) is 6.54 Å². The lowest BCUT2D eigenvalue weighted by atomic mass is 9.95. The van der Waals surface area contributed by atoms with E-state index >= 15 is 0 Å². The molecule has 0 unspecified atom stereocenters. The zero-order valence-corrected chi connectivity index (χ0v) is 20.1. The Hall–Kier alpha value is -3.61. The second kappa shape index (κ2) is 10.5. The highest BCUT2D eigenvalue weighted by Gasteiger charge is 2.30. The molecule has 1 aromatic heterocycles. The van der Waals surface area contributed by atoms with Crippen LogP contribution in [0.5, 0.6) is 0 Å². The Morgan fingerprint density at radius 2 is 1.65 bits per heavy atom. The number of hydrogen-bond acceptors (Lipinski definition) is 4. The van der Waals surface area contributed by atoms with Gasteiger partial charge < -0.3 is 15.5 Å². The number of nitrogens with zero attached hydrogens (tertiary/aromatic N) is 3. The van der Waals surface area contributed by atoms with Gasteiger partial charge >= 0.3 is 0 Å². The first-order chi connectivity index (χ1) is 16.4. The van der Waals surface area contributed by atoms with E-state index in [1.165, 1.54) is 12.5 Å². The predicted molar refractivity (Wildman–Crippen MR) is 135 cm³/mol. The number of para-hydroxylation sites is 1. The molecule has 1 atom stereocenters. The van der Waals surface area contributed by atoms with Crippen molar-refractivity contribution in [2.24, 2.45) is 5.92 Å². The molecule has 178 valence electrons. The highest BCUT2D eigenvalue weighted by atomic mass is 16.2. The Labute approximate surface area is 201 Å². The fraction of sp³-hybridized carbons (Fsp3) is 0.370. The van der Waals surface area contributed by atoms with Gasteiger partial charge in [0.2, 0.25) is 11.8 Å². The Balaban J connectivity index is 1.44. The van der Waals surface area contributed by atoms with Crippen molar-refractivity contribution in [2.75, 3.05) is 29.9 Å². The lowest BCUT2D eigenvalue weighted by Gasteiger charge is -2.33. The molecule has 4 rings (SSSR count). The molecule has 0 saturated carbocycles. The quantitative estimate of drug-likeness (QED) is 0.553. The van der Waals surface area contributed by atoms with Crippen molar-refractivity contribution in [2.45, 2.75) is 39.5 Å². The van der Waals surface area contributed by atoms with Gasteiger partial charge in [0.15, 0.2) is 5.82 Å². The van der Waals surface area contributed by atoms with Gasteiger partial charge in [-0.1, -0.05) is 55.5 Å². The van der Waals surface area contributed by atoms with E-state index < -0.39 is 0 Å². The predicted octanol–water partition coefficient (Wildman–Crippen LogP) is 4.28. The van der Waals surface area contributed by atoms with Gasteiger partial charge in [-0.25, -0.2) is 4.68 Å². The molecule has 0 radical (unpaired) electrons. The number of hydrogen-bond donors (Lipinski definition) is 2. The standard InChI is InChI=1S/C27H33N5O2/c1-19(22-10-6-4-7-11-22)18-28-26(34)23-14-16-31(17-15-23)27-25(29-21(3)33)20(2)30-32(27)24-12-8-5-9-13-24/h4-13,19,23H,14-18H2,1-3H3,(H,28,34)(H,29,33)/t19-/m0/s1. The van der Waals surface area contributed by atoms with Crippen molar-refractivity contribution in [3.63, 3.8) is 0 Å². The number of piperidine rings is 1. The van der Waals surface area contributed by atoms with E-state index in [-0.39, 0.29) is 23.7 Å². The molecule has 2 heterocycles. The average molecular weight is 460 g/mol. The second-order valence-corrected chi connectivity index (χ2v) is 9.03. The Morgan fingerprint density at radius 1 is 1.03 bits per heavy atom. The highest BCUT2D eigenvalue weighted by molar-refractivity contribution is 5.93. The number of carbonyl (C=O) groups excluding carboxylic acids is 2. The van der Waals surface area contributed by atoms with Crippen LogP contribution < -0.4 is 15.5 Å². The van der Waals surface area contributed by atoms with Crippen LogP contribution in [-0.2, 0) is 9.59 Å².